The Bertz CT molecular complexity index is 1130. The number of benzene rings is 3. The van der Waals surface area contributed by atoms with Gasteiger partial charge in [-0.3, -0.25) is 9.36 Å². The monoisotopic (exact) mass is 373 g/mol. The summed E-state index contributed by atoms with van der Waals surface area (Å²) in [5.41, 5.74) is 2.97. The highest BCUT2D eigenvalue weighted by molar-refractivity contribution is 7.99. The Kier molecular flexibility index (Phi) is 4.50. The first kappa shape index (κ1) is 17.4. The van der Waals surface area contributed by atoms with Gasteiger partial charge in [0.05, 0.1) is 4.90 Å². The molecule has 3 aromatic carbocycles. The lowest BCUT2D eigenvalue weighted by Gasteiger charge is -2.09. The summed E-state index contributed by atoms with van der Waals surface area (Å²) < 4.78 is 1.60. The molecule has 0 atom stereocenters. The standard InChI is InChI=1S/C23H19NO2S/c1-15-7-9-20(11-16(15)2)27-22-12-17(8-10-21(22)25)23(26)24-13-18-5-3-4-6-19(18)14-24/h3-14,25H,1-2H3. The topological polar surface area (TPSA) is 42.2 Å². The average molecular weight is 373 g/mol. The SMILES string of the molecule is Cc1ccc(Sc2cc(C(=O)n3cc4ccccc4c3)ccc2O)cc1C. The van der Waals surface area contributed by atoms with Crippen LogP contribution in [-0.2, 0) is 0 Å². The predicted molar refractivity (Wildman–Crippen MR) is 110 cm³/mol. The van der Waals surface area contributed by atoms with Crippen LogP contribution in [0.1, 0.15) is 21.5 Å². The van der Waals surface area contributed by atoms with Crippen LogP contribution < -0.4 is 0 Å². The van der Waals surface area contributed by atoms with Crippen molar-refractivity contribution in [2.24, 2.45) is 0 Å². The molecule has 134 valence electrons. The fourth-order valence-corrected chi connectivity index (χ4v) is 3.97. The maximum Gasteiger partial charge on any atom is 0.261 e. The van der Waals surface area contributed by atoms with E-state index in [1.807, 2.05) is 42.7 Å². The summed E-state index contributed by atoms with van der Waals surface area (Å²) in [6.07, 6.45) is 3.67. The molecule has 0 aliphatic heterocycles. The van der Waals surface area contributed by atoms with Crippen LogP contribution >= 0.6 is 11.8 Å². The number of aromatic nitrogens is 1. The van der Waals surface area contributed by atoms with Crippen molar-refractivity contribution in [1.29, 1.82) is 0 Å². The lowest BCUT2D eigenvalue weighted by molar-refractivity contribution is 0.0960. The highest BCUT2D eigenvalue weighted by atomic mass is 32.2. The maximum absolute atomic E-state index is 12.9. The smallest absolute Gasteiger partial charge is 0.261 e. The Morgan fingerprint density at radius 2 is 1.59 bits per heavy atom. The molecule has 0 amide bonds. The number of carbonyl (C=O) groups is 1. The van der Waals surface area contributed by atoms with Gasteiger partial charge in [0.1, 0.15) is 5.75 Å². The number of hydrogen-bond donors (Lipinski definition) is 1. The Morgan fingerprint density at radius 3 is 2.26 bits per heavy atom. The summed E-state index contributed by atoms with van der Waals surface area (Å²) in [6.45, 7) is 4.14. The van der Waals surface area contributed by atoms with Crippen molar-refractivity contribution in [3.63, 3.8) is 0 Å². The van der Waals surface area contributed by atoms with Gasteiger partial charge in [-0.15, -0.1) is 0 Å². The first-order chi connectivity index (χ1) is 13.0. The van der Waals surface area contributed by atoms with E-state index in [1.54, 1.807) is 22.8 Å². The van der Waals surface area contributed by atoms with E-state index >= 15 is 0 Å². The van der Waals surface area contributed by atoms with Crippen LogP contribution in [0.4, 0.5) is 0 Å². The summed E-state index contributed by atoms with van der Waals surface area (Å²) in [5.74, 6) is 0.0561. The molecule has 0 bridgehead atoms. The van der Waals surface area contributed by atoms with Gasteiger partial charge in [-0.1, -0.05) is 42.1 Å². The third-order valence-electron chi connectivity index (χ3n) is 4.70. The normalized spacial score (nSPS) is 11.0. The number of nitrogens with zero attached hydrogens (tertiary/aromatic N) is 1. The third kappa shape index (κ3) is 3.49. The van der Waals surface area contributed by atoms with Crippen LogP contribution in [0.2, 0.25) is 0 Å². The van der Waals surface area contributed by atoms with E-state index in [9.17, 15) is 9.90 Å². The van der Waals surface area contributed by atoms with Gasteiger partial charge < -0.3 is 5.11 Å². The molecule has 4 aromatic rings. The number of aromatic hydroxyl groups is 1. The van der Waals surface area contributed by atoms with Crippen molar-refractivity contribution in [1.82, 2.24) is 4.57 Å². The fourth-order valence-electron chi connectivity index (χ4n) is 2.98. The Hall–Kier alpha value is -2.98. The second kappa shape index (κ2) is 6.97. The van der Waals surface area contributed by atoms with Crippen LogP contribution in [0.5, 0.6) is 5.75 Å². The zero-order valence-electron chi connectivity index (χ0n) is 15.1. The second-order valence-corrected chi connectivity index (χ2v) is 7.75. The van der Waals surface area contributed by atoms with Gasteiger partial charge in [-0.2, -0.15) is 0 Å². The van der Waals surface area contributed by atoms with Crippen LogP contribution in [0.15, 0.2) is 82.8 Å². The van der Waals surface area contributed by atoms with Gasteiger partial charge in [0.25, 0.3) is 5.91 Å². The first-order valence-electron chi connectivity index (χ1n) is 8.71. The minimum Gasteiger partial charge on any atom is -0.507 e. The van der Waals surface area contributed by atoms with E-state index in [4.69, 9.17) is 0 Å². The van der Waals surface area contributed by atoms with Gasteiger partial charge in [0, 0.05) is 22.9 Å². The molecule has 1 heterocycles. The molecule has 0 spiro atoms. The minimum atomic E-state index is -0.117. The van der Waals surface area contributed by atoms with Crippen LogP contribution in [-0.4, -0.2) is 15.6 Å². The van der Waals surface area contributed by atoms with Gasteiger partial charge in [-0.05, 0) is 66.1 Å². The van der Waals surface area contributed by atoms with E-state index in [2.05, 4.69) is 26.0 Å². The highest BCUT2D eigenvalue weighted by Crippen LogP contribution is 2.36. The van der Waals surface area contributed by atoms with Gasteiger partial charge in [0.15, 0.2) is 0 Å². The lowest BCUT2D eigenvalue weighted by atomic mass is 10.1. The summed E-state index contributed by atoms with van der Waals surface area (Å²) in [7, 11) is 0. The number of aryl methyl sites for hydroxylation is 2. The predicted octanol–water partition coefficient (Wildman–Crippen LogP) is 5.80. The molecule has 0 aliphatic carbocycles. The van der Waals surface area contributed by atoms with Crippen LogP contribution in [0.3, 0.4) is 0 Å². The second-order valence-electron chi connectivity index (χ2n) is 6.63. The number of fused-ring (bicyclic) bond motifs is 1. The van der Waals surface area contributed by atoms with Crippen molar-refractivity contribution >= 4 is 28.4 Å². The van der Waals surface area contributed by atoms with Gasteiger partial charge >= 0.3 is 0 Å². The quantitative estimate of drug-likeness (QED) is 0.493. The molecule has 0 radical (unpaired) electrons. The fraction of sp³-hybridized carbons (Fsp3) is 0.0870. The molecule has 0 saturated carbocycles. The van der Waals surface area contributed by atoms with E-state index in [-0.39, 0.29) is 11.7 Å². The van der Waals surface area contributed by atoms with E-state index in [0.29, 0.717) is 10.5 Å². The zero-order chi connectivity index (χ0) is 19.0. The van der Waals surface area contributed by atoms with Crippen LogP contribution in [0.25, 0.3) is 10.8 Å². The van der Waals surface area contributed by atoms with Crippen molar-refractivity contribution in [2.45, 2.75) is 23.6 Å². The van der Waals surface area contributed by atoms with E-state index < -0.39 is 0 Å². The molecule has 4 rings (SSSR count). The van der Waals surface area contributed by atoms with E-state index in [1.165, 1.54) is 22.9 Å². The molecule has 0 unspecified atom stereocenters. The molecule has 0 aliphatic rings. The number of phenols is 1. The summed E-state index contributed by atoms with van der Waals surface area (Å²) >= 11 is 1.46. The van der Waals surface area contributed by atoms with Crippen molar-refractivity contribution < 1.29 is 9.90 Å². The molecular formula is C23H19NO2S. The average Bonchev–Trinajstić information content (AvgIpc) is 3.10. The minimum absolute atomic E-state index is 0.117. The number of carbonyl (C=O) groups excluding carboxylic acids is 1. The highest BCUT2D eigenvalue weighted by Gasteiger charge is 2.13. The molecule has 0 fully saturated rings. The zero-order valence-corrected chi connectivity index (χ0v) is 16.0. The molecule has 0 saturated heterocycles. The molecule has 27 heavy (non-hydrogen) atoms. The summed E-state index contributed by atoms with van der Waals surface area (Å²) in [6, 6.07) is 19.1. The van der Waals surface area contributed by atoms with Crippen molar-refractivity contribution in [3.05, 3.63) is 89.7 Å². The maximum atomic E-state index is 12.9. The Morgan fingerprint density at radius 1 is 0.889 bits per heavy atom. The molecule has 1 N–H and O–H groups in total. The largest absolute Gasteiger partial charge is 0.507 e. The number of hydrogen-bond acceptors (Lipinski definition) is 3. The Balaban J connectivity index is 1.66. The molecule has 3 nitrogen and oxygen atoms in total. The van der Waals surface area contributed by atoms with Gasteiger partial charge in [0.2, 0.25) is 0 Å². The van der Waals surface area contributed by atoms with Gasteiger partial charge in [-0.25, -0.2) is 0 Å². The van der Waals surface area contributed by atoms with Crippen LogP contribution in [0, 0.1) is 13.8 Å². The third-order valence-corrected chi connectivity index (χ3v) is 5.74. The number of phenolic OH excluding ortho intramolecular Hbond substituents is 1. The van der Waals surface area contributed by atoms with E-state index in [0.717, 1.165) is 15.7 Å². The Labute approximate surface area is 162 Å². The summed E-state index contributed by atoms with van der Waals surface area (Å²) in [4.78, 5) is 14.6. The molecule has 1 aromatic heterocycles. The molecule has 4 heteroatoms. The molecular weight excluding hydrogens is 354 g/mol. The summed E-state index contributed by atoms with van der Waals surface area (Å²) in [5, 5.41) is 12.3. The van der Waals surface area contributed by atoms with Crippen molar-refractivity contribution in [3.8, 4) is 5.75 Å². The first-order valence-corrected chi connectivity index (χ1v) is 9.52. The van der Waals surface area contributed by atoms with Crippen molar-refractivity contribution in [2.75, 3.05) is 0 Å². The number of rotatable bonds is 3. The lowest BCUT2D eigenvalue weighted by Crippen LogP contribution is -2.09.